The number of carbonyl (C=O) groups is 1. The zero-order valence-corrected chi connectivity index (χ0v) is 16.9. The molecule has 0 aliphatic heterocycles. The molecule has 1 aromatic carbocycles. The summed E-state index contributed by atoms with van der Waals surface area (Å²) in [5, 5.41) is -1.99. The van der Waals surface area contributed by atoms with Gasteiger partial charge in [0.1, 0.15) is 0 Å². The molecule has 0 bridgehead atoms. The van der Waals surface area contributed by atoms with Gasteiger partial charge in [0.05, 0.1) is 24.0 Å². The first-order valence-electron chi connectivity index (χ1n) is 7.24. The quantitative estimate of drug-likeness (QED) is 0.433. The number of halogens is 3. The van der Waals surface area contributed by atoms with Gasteiger partial charge in [-0.2, -0.15) is 28.0 Å². The molecule has 1 heterocycles. The summed E-state index contributed by atoms with van der Waals surface area (Å²) in [6.45, 7) is 0. The third-order valence-corrected chi connectivity index (χ3v) is 5.11. The monoisotopic (exact) mass is 471 g/mol. The number of nitrogens with one attached hydrogen (secondary N) is 2. The standard InChI is InChI=1S/C13H12ClF2N5O6S2/c1-25-12-18-9(13(14,15)16)17-10(20-12)19-11(22)21-27-29(24)8-6-4-3-5-7(8)28(23)26-2/h3-6H,1-2H3,(H2,17,18,19,20,21,22). The molecule has 2 aromatic rings. The molecule has 2 N–H and O–H groups in total. The van der Waals surface area contributed by atoms with Crippen LogP contribution in [0.1, 0.15) is 5.82 Å². The Kier molecular flexibility index (Phi) is 7.86. The normalized spacial score (nSPS) is 13.4. The first kappa shape index (κ1) is 23.0. The molecule has 2 rings (SSSR count). The van der Waals surface area contributed by atoms with Gasteiger partial charge in [-0.1, -0.05) is 12.1 Å². The fourth-order valence-electron chi connectivity index (χ4n) is 1.69. The number of hydroxylamine groups is 1. The minimum atomic E-state index is -3.94. The third kappa shape index (κ3) is 6.33. The van der Waals surface area contributed by atoms with Crippen molar-refractivity contribution in [1.82, 2.24) is 20.4 Å². The van der Waals surface area contributed by atoms with E-state index in [2.05, 4.69) is 23.9 Å². The average molecular weight is 472 g/mol. The molecule has 2 amide bonds. The number of rotatable bonds is 8. The first-order valence-corrected chi connectivity index (χ1v) is 9.77. The summed E-state index contributed by atoms with van der Waals surface area (Å²) < 4.78 is 64.4. The molecule has 0 aliphatic carbocycles. The minimum absolute atomic E-state index is 0.0288. The van der Waals surface area contributed by atoms with E-state index in [4.69, 9.17) is 15.9 Å². The summed E-state index contributed by atoms with van der Waals surface area (Å²) in [5.74, 6) is -1.80. The molecular weight excluding hydrogens is 460 g/mol. The van der Waals surface area contributed by atoms with Gasteiger partial charge in [-0.3, -0.25) is 9.50 Å². The lowest BCUT2D eigenvalue weighted by molar-refractivity contribution is 0.0832. The van der Waals surface area contributed by atoms with Gasteiger partial charge in [0, 0.05) is 0 Å². The first-order chi connectivity index (χ1) is 13.7. The summed E-state index contributed by atoms with van der Waals surface area (Å²) in [7, 11) is 2.28. The van der Waals surface area contributed by atoms with Crippen LogP contribution in [0.4, 0.5) is 19.5 Å². The highest BCUT2D eigenvalue weighted by molar-refractivity contribution is 7.83. The molecule has 0 spiro atoms. The van der Waals surface area contributed by atoms with Gasteiger partial charge < -0.3 is 4.74 Å². The number of aromatic nitrogens is 3. The molecule has 11 nitrogen and oxygen atoms in total. The largest absolute Gasteiger partial charge is 0.467 e. The van der Waals surface area contributed by atoms with Crippen LogP contribution in [0, 0.1) is 0 Å². The molecule has 1 aromatic heterocycles. The average Bonchev–Trinajstić information content (AvgIpc) is 2.70. The molecule has 0 saturated carbocycles. The van der Waals surface area contributed by atoms with E-state index in [1.165, 1.54) is 31.4 Å². The summed E-state index contributed by atoms with van der Waals surface area (Å²) in [6.07, 6.45) is 0. The highest BCUT2D eigenvalue weighted by Gasteiger charge is 2.33. The van der Waals surface area contributed by atoms with Gasteiger partial charge in [0.25, 0.3) is 0 Å². The van der Waals surface area contributed by atoms with E-state index in [1.807, 2.05) is 5.32 Å². The summed E-state index contributed by atoms with van der Waals surface area (Å²) in [4.78, 5) is 22.0. The predicted molar refractivity (Wildman–Crippen MR) is 95.6 cm³/mol. The Labute approximate surface area is 172 Å². The van der Waals surface area contributed by atoms with Gasteiger partial charge in [-0.15, -0.1) is 0 Å². The number of carbonyl (C=O) groups excluding carboxylic acids is 1. The molecule has 0 fully saturated rings. The van der Waals surface area contributed by atoms with Crippen molar-refractivity contribution in [3.05, 3.63) is 30.1 Å². The molecule has 2 atom stereocenters. The maximum atomic E-state index is 13.2. The van der Waals surface area contributed by atoms with Crippen LogP contribution < -0.4 is 15.5 Å². The summed E-state index contributed by atoms with van der Waals surface area (Å²) in [6, 6.07) is 4.06. The van der Waals surface area contributed by atoms with Crippen LogP contribution in [0.5, 0.6) is 6.01 Å². The Morgan fingerprint density at radius 2 is 1.72 bits per heavy atom. The zero-order chi connectivity index (χ0) is 21.6. The predicted octanol–water partition coefficient (Wildman–Crippen LogP) is 1.61. The number of hydrogen-bond donors (Lipinski definition) is 2. The number of urea groups is 1. The number of ether oxygens (including phenoxy) is 1. The minimum Gasteiger partial charge on any atom is -0.467 e. The fraction of sp³-hybridized carbons (Fsp3) is 0.231. The van der Waals surface area contributed by atoms with Crippen molar-refractivity contribution in [2.45, 2.75) is 15.2 Å². The number of methoxy groups -OCH3 is 1. The van der Waals surface area contributed by atoms with Crippen molar-refractivity contribution in [2.24, 2.45) is 0 Å². The highest BCUT2D eigenvalue weighted by Crippen LogP contribution is 2.30. The van der Waals surface area contributed by atoms with Crippen LogP contribution >= 0.6 is 11.6 Å². The summed E-state index contributed by atoms with van der Waals surface area (Å²) >= 11 is 0.656. The Morgan fingerprint density at radius 3 is 2.28 bits per heavy atom. The fourth-order valence-corrected chi connectivity index (χ4v) is 3.45. The second-order valence-corrected chi connectivity index (χ2v) is 7.48. The van der Waals surface area contributed by atoms with Gasteiger partial charge in [0.15, 0.2) is 11.1 Å². The molecule has 16 heteroatoms. The molecule has 0 aliphatic rings. The van der Waals surface area contributed by atoms with Gasteiger partial charge >= 0.3 is 17.4 Å². The van der Waals surface area contributed by atoms with E-state index in [0.717, 1.165) is 7.11 Å². The van der Waals surface area contributed by atoms with E-state index < -0.39 is 51.4 Å². The topological polar surface area (TPSA) is 142 Å². The number of nitrogens with zero attached hydrogens (tertiary/aromatic N) is 3. The SMILES string of the molecule is COc1nc(NC(=O)NOS(=O)c2ccccc2S(=O)OC)nc(C(F)(F)Cl)n1. The number of benzene rings is 1. The Bertz CT molecular complexity index is 948. The maximum Gasteiger partial charge on any atom is 0.382 e. The lowest BCUT2D eigenvalue weighted by atomic mass is 10.4. The molecule has 29 heavy (non-hydrogen) atoms. The maximum absolute atomic E-state index is 13.2. The van der Waals surface area contributed by atoms with E-state index in [-0.39, 0.29) is 9.79 Å². The van der Waals surface area contributed by atoms with Gasteiger partial charge in [-0.05, 0) is 23.7 Å². The van der Waals surface area contributed by atoms with Crippen LogP contribution in [-0.2, 0) is 36.0 Å². The third-order valence-electron chi connectivity index (χ3n) is 2.85. The van der Waals surface area contributed by atoms with Gasteiger partial charge in [-0.25, -0.2) is 18.7 Å². The van der Waals surface area contributed by atoms with E-state index >= 15 is 0 Å². The molecule has 0 radical (unpaired) electrons. The second-order valence-electron chi connectivity index (χ2n) is 4.69. The Hall–Kier alpha value is -2.33. The Balaban J connectivity index is 2.08. The smallest absolute Gasteiger partial charge is 0.382 e. The van der Waals surface area contributed by atoms with E-state index in [1.54, 1.807) is 5.48 Å². The van der Waals surface area contributed by atoms with Crippen LogP contribution in [-0.4, -0.2) is 43.6 Å². The van der Waals surface area contributed by atoms with Crippen LogP contribution in [0.2, 0.25) is 0 Å². The van der Waals surface area contributed by atoms with Crippen molar-refractivity contribution in [1.29, 1.82) is 0 Å². The van der Waals surface area contributed by atoms with Crippen LogP contribution in [0.25, 0.3) is 0 Å². The van der Waals surface area contributed by atoms with E-state index in [0.29, 0.717) is 0 Å². The molecule has 2 unspecified atom stereocenters. The second kappa shape index (κ2) is 9.93. The number of anilines is 1. The zero-order valence-electron chi connectivity index (χ0n) is 14.6. The van der Waals surface area contributed by atoms with Crippen LogP contribution in [0.15, 0.2) is 34.1 Å². The molecule has 0 saturated heterocycles. The number of hydrogen-bond acceptors (Lipinski definition) is 9. The van der Waals surface area contributed by atoms with Crippen molar-refractivity contribution in [2.75, 3.05) is 19.5 Å². The number of amides is 2. The molecular formula is C13H12ClF2N5O6S2. The Morgan fingerprint density at radius 1 is 1.10 bits per heavy atom. The number of alkyl halides is 3. The molecule has 158 valence electrons. The van der Waals surface area contributed by atoms with Crippen molar-refractivity contribution < 1.29 is 35.2 Å². The lowest BCUT2D eigenvalue weighted by Crippen LogP contribution is -2.31. The highest BCUT2D eigenvalue weighted by atomic mass is 35.5. The summed E-state index contributed by atoms with van der Waals surface area (Å²) in [5.41, 5.74) is 1.76. The lowest BCUT2D eigenvalue weighted by Gasteiger charge is -2.11. The van der Waals surface area contributed by atoms with E-state index in [9.17, 15) is 22.0 Å². The van der Waals surface area contributed by atoms with Crippen molar-refractivity contribution in [3.63, 3.8) is 0 Å². The van der Waals surface area contributed by atoms with Gasteiger partial charge in [0.2, 0.25) is 22.9 Å². The van der Waals surface area contributed by atoms with Crippen molar-refractivity contribution in [3.8, 4) is 6.01 Å². The van der Waals surface area contributed by atoms with Crippen molar-refractivity contribution >= 4 is 45.7 Å². The van der Waals surface area contributed by atoms with Crippen LogP contribution in [0.3, 0.4) is 0 Å².